The largest absolute Gasteiger partial charge is 0.421 e. The highest BCUT2D eigenvalue weighted by Gasteiger charge is 2.10. The van der Waals surface area contributed by atoms with E-state index in [0.29, 0.717) is 34.8 Å². The number of nitrogens with zero attached hydrogens (tertiary/aromatic N) is 2. The van der Waals surface area contributed by atoms with E-state index in [0.717, 1.165) is 6.42 Å². The second-order valence-corrected chi connectivity index (χ2v) is 4.38. The van der Waals surface area contributed by atoms with Crippen molar-refractivity contribution < 1.29 is 8.81 Å². The average Bonchev–Trinajstić information content (AvgIpc) is 2.79. The first kappa shape index (κ1) is 12.2. The number of rotatable bonds is 4. The van der Waals surface area contributed by atoms with Crippen molar-refractivity contribution >= 4 is 15.9 Å². The molecule has 2 N–H and O–H groups in total. The zero-order valence-corrected chi connectivity index (χ0v) is 10.6. The average molecular weight is 300 g/mol. The Morgan fingerprint density at radius 2 is 2.18 bits per heavy atom. The van der Waals surface area contributed by atoms with Crippen LogP contribution in [0.5, 0.6) is 0 Å². The molecule has 0 bridgehead atoms. The van der Waals surface area contributed by atoms with E-state index in [1.807, 2.05) is 0 Å². The van der Waals surface area contributed by atoms with Crippen molar-refractivity contribution in [2.45, 2.75) is 12.8 Å². The van der Waals surface area contributed by atoms with E-state index in [1.165, 1.54) is 6.07 Å². The van der Waals surface area contributed by atoms with E-state index in [-0.39, 0.29) is 5.82 Å². The van der Waals surface area contributed by atoms with Gasteiger partial charge in [0.15, 0.2) is 0 Å². The molecule has 0 unspecified atom stereocenters. The first-order valence-electron chi connectivity index (χ1n) is 5.18. The lowest BCUT2D eigenvalue weighted by Gasteiger charge is -1.97. The lowest BCUT2D eigenvalue weighted by Crippen LogP contribution is -2.00. The summed E-state index contributed by atoms with van der Waals surface area (Å²) in [5, 5.41) is 7.81. The summed E-state index contributed by atoms with van der Waals surface area (Å²) in [6.07, 6.45) is 1.46. The second kappa shape index (κ2) is 5.37. The highest BCUT2D eigenvalue weighted by molar-refractivity contribution is 9.10. The third-order valence-corrected chi connectivity index (χ3v) is 2.84. The normalized spacial score (nSPS) is 10.8. The predicted octanol–water partition coefficient (Wildman–Crippen LogP) is 2.53. The fourth-order valence-corrected chi connectivity index (χ4v) is 1.73. The monoisotopic (exact) mass is 299 g/mol. The molecule has 1 aromatic heterocycles. The Hall–Kier alpha value is -1.27. The van der Waals surface area contributed by atoms with E-state index in [4.69, 9.17) is 10.2 Å². The molecule has 1 aromatic carbocycles. The highest BCUT2D eigenvalue weighted by atomic mass is 79.9. The fraction of sp³-hybridized carbons (Fsp3) is 0.273. The predicted molar refractivity (Wildman–Crippen MR) is 64.8 cm³/mol. The van der Waals surface area contributed by atoms with Crippen LogP contribution in [0.2, 0.25) is 0 Å². The van der Waals surface area contributed by atoms with Crippen LogP contribution in [0.1, 0.15) is 12.3 Å². The van der Waals surface area contributed by atoms with Gasteiger partial charge in [0.1, 0.15) is 5.82 Å². The van der Waals surface area contributed by atoms with Gasteiger partial charge in [0, 0.05) is 12.0 Å². The van der Waals surface area contributed by atoms with Crippen molar-refractivity contribution in [3.63, 3.8) is 0 Å². The molecular formula is C11H11BrFN3O. The summed E-state index contributed by atoms with van der Waals surface area (Å²) < 4.78 is 18.9. The van der Waals surface area contributed by atoms with Crippen molar-refractivity contribution in [2.75, 3.05) is 6.54 Å². The lowest BCUT2D eigenvalue weighted by molar-refractivity contribution is 0.499. The highest BCUT2D eigenvalue weighted by Crippen LogP contribution is 2.24. The molecule has 0 fully saturated rings. The summed E-state index contributed by atoms with van der Waals surface area (Å²) in [4.78, 5) is 0. The molecule has 0 aliphatic heterocycles. The molecule has 4 nitrogen and oxygen atoms in total. The molecule has 1 heterocycles. The third kappa shape index (κ3) is 2.89. The molecule has 0 amide bonds. The molecule has 0 radical (unpaired) electrons. The van der Waals surface area contributed by atoms with Gasteiger partial charge in [0.05, 0.1) is 4.47 Å². The Bertz CT molecular complexity index is 515. The Morgan fingerprint density at radius 1 is 1.35 bits per heavy atom. The van der Waals surface area contributed by atoms with Crippen LogP contribution in [0.25, 0.3) is 11.5 Å². The molecule has 6 heteroatoms. The molecule has 0 aliphatic rings. The number of halogens is 2. The van der Waals surface area contributed by atoms with E-state index < -0.39 is 0 Å². The zero-order chi connectivity index (χ0) is 12.3. The summed E-state index contributed by atoms with van der Waals surface area (Å²) in [7, 11) is 0. The Kier molecular flexibility index (Phi) is 3.86. The van der Waals surface area contributed by atoms with Crippen molar-refractivity contribution in [1.82, 2.24) is 10.2 Å². The smallest absolute Gasteiger partial charge is 0.247 e. The van der Waals surface area contributed by atoms with Gasteiger partial charge in [-0.15, -0.1) is 10.2 Å². The number of nitrogens with two attached hydrogens (primary N) is 1. The molecule has 0 saturated carbocycles. The minimum atomic E-state index is -0.323. The van der Waals surface area contributed by atoms with Gasteiger partial charge in [0.25, 0.3) is 0 Å². The standard InChI is InChI=1S/C11H11BrFN3O/c12-8-6-7(3-4-9(8)13)11-16-15-10(17-11)2-1-5-14/h3-4,6H,1-2,5,14H2. The van der Waals surface area contributed by atoms with E-state index >= 15 is 0 Å². The van der Waals surface area contributed by atoms with Crippen molar-refractivity contribution in [3.05, 3.63) is 34.4 Å². The van der Waals surface area contributed by atoms with Crippen LogP contribution in [0.3, 0.4) is 0 Å². The van der Waals surface area contributed by atoms with Crippen LogP contribution < -0.4 is 5.73 Å². The topological polar surface area (TPSA) is 64.9 Å². The molecule has 0 aliphatic carbocycles. The number of aromatic nitrogens is 2. The summed E-state index contributed by atoms with van der Waals surface area (Å²) in [6.45, 7) is 0.583. The van der Waals surface area contributed by atoms with Crippen LogP contribution in [-0.2, 0) is 6.42 Å². The SMILES string of the molecule is NCCCc1nnc(-c2ccc(F)c(Br)c2)o1. The molecule has 90 valence electrons. The molecule has 0 atom stereocenters. The maximum atomic E-state index is 13.1. The number of benzene rings is 1. The van der Waals surface area contributed by atoms with E-state index in [1.54, 1.807) is 12.1 Å². The summed E-state index contributed by atoms with van der Waals surface area (Å²) in [6, 6.07) is 4.55. The summed E-state index contributed by atoms with van der Waals surface area (Å²) in [5.41, 5.74) is 6.08. The van der Waals surface area contributed by atoms with Gasteiger partial charge in [-0.2, -0.15) is 0 Å². The summed E-state index contributed by atoms with van der Waals surface area (Å²) >= 11 is 3.11. The van der Waals surface area contributed by atoms with Gasteiger partial charge >= 0.3 is 0 Å². The first-order valence-corrected chi connectivity index (χ1v) is 5.98. The fourth-order valence-electron chi connectivity index (χ4n) is 1.35. The van der Waals surface area contributed by atoms with Crippen LogP contribution in [0, 0.1) is 5.82 Å². The van der Waals surface area contributed by atoms with Crippen LogP contribution >= 0.6 is 15.9 Å². The van der Waals surface area contributed by atoms with Gasteiger partial charge in [-0.3, -0.25) is 0 Å². The second-order valence-electron chi connectivity index (χ2n) is 3.52. The van der Waals surface area contributed by atoms with E-state index in [9.17, 15) is 4.39 Å². The minimum absolute atomic E-state index is 0.323. The van der Waals surface area contributed by atoms with Gasteiger partial charge in [-0.05, 0) is 47.1 Å². The number of aryl methyl sites for hydroxylation is 1. The maximum absolute atomic E-state index is 13.1. The van der Waals surface area contributed by atoms with Crippen molar-refractivity contribution in [2.24, 2.45) is 5.73 Å². The van der Waals surface area contributed by atoms with Crippen LogP contribution in [0.15, 0.2) is 27.1 Å². The number of hydrogen-bond acceptors (Lipinski definition) is 4. The van der Waals surface area contributed by atoms with Gasteiger partial charge in [0.2, 0.25) is 11.8 Å². The molecular weight excluding hydrogens is 289 g/mol. The van der Waals surface area contributed by atoms with Gasteiger partial charge < -0.3 is 10.2 Å². The maximum Gasteiger partial charge on any atom is 0.247 e. The zero-order valence-electron chi connectivity index (χ0n) is 8.99. The third-order valence-electron chi connectivity index (χ3n) is 2.23. The molecule has 2 aromatic rings. The molecule has 0 spiro atoms. The van der Waals surface area contributed by atoms with Gasteiger partial charge in [-0.1, -0.05) is 0 Å². The van der Waals surface area contributed by atoms with Crippen molar-refractivity contribution in [1.29, 1.82) is 0 Å². The Labute approximate surface area is 106 Å². The summed E-state index contributed by atoms with van der Waals surface area (Å²) in [5.74, 6) is 0.611. The quantitative estimate of drug-likeness (QED) is 0.942. The van der Waals surface area contributed by atoms with Crippen LogP contribution in [-0.4, -0.2) is 16.7 Å². The minimum Gasteiger partial charge on any atom is -0.421 e. The Balaban J connectivity index is 2.21. The molecule has 17 heavy (non-hydrogen) atoms. The molecule has 2 rings (SSSR count). The van der Waals surface area contributed by atoms with Crippen molar-refractivity contribution in [3.8, 4) is 11.5 Å². The van der Waals surface area contributed by atoms with Crippen LogP contribution in [0.4, 0.5) is 4.39 Å². The van der Waals surface area contributed by atoms with Gasteiger partial charge in [-0.25, -0.2) is 4.39 Å². The number of hydrogen-bond donors (Lipinski definition) is 1. The first-order chi connectivity index (χ1) is 8.20. The Morgan fingerprint density at radius 3 is 2.88 bits per heavy atom. The lowest BCUT2D eigenvalue weighted by atomic mass is 10.2. The molecule has 0 saturated heterocycles. The van der Waals surface area contributed by atoms with E-state index in [2.05, 4.69) is 26.1 Å².